The maximum absolute atomic E-state index is 10.9. The molecule has 0 amide bonds. The molecule has 1 atom stereocenters. The van der Waals surface area contributed by atoms with E-state index in [1.54, 1.807) is 0 Å². The Morgan fingerprint density at radius 3 is 1.10 bits per heavy atom. The summed E-state index contributed by atoms with van der Waals surface area (Å²) in [6.45, 7) is 4.13. The topological polar surface area (TPSA) is 17.1 Å². The molecule has 0 aromatic carbocycles. The zero-order valence-electron chi connectivity index (χ0n) is 14.9. The van der Waals surface area contributed by atoms with Crippen LogP contribution in [-0.4, -0.2) is 12.8 Å². The molecule has 0 bridgehead atoms. The second-order valence-corrected chi connectivity index (χ2v) is 8.36. The molecule has 1 unspecified atom stereocenters. The molecule has 0 saturated heterocycles. The number of hydrogen-bond donors (Lipinski definition) is 0. The fourth-order valence-electron chi connectivity index (χ4n) is 2.88. The van der Waals surface area contributed by atoms with Gasteiger partial charge in [-0.2, -0.15) is 0 Å². The average Bonchev–Trinajstić information content (AvgIpc) is 2.46. The standard InChI is InChI=1S/C19H40OP/c1-3-4-5-6-7-8-9-10-11-12-13-14-15-16-17-18-19-21(2)20/h3-19H2,1-2H3/q+1. The highest BCUT2D eigenvalue weighted by Gasteiger charge is 2.03. The van der Waals surface area contributed by atoms with Crippen molar-refractivity contribution in [2.75, 3.05) is 12.8 Å². The summed E-state index contributed by atoms with van der Waals surface area (Å²) in [4.78, 5) is 0. The monoisotopic (exact) mass is 315 g/mol. The normalized spacial score (nSPS) is 11.8. The predicted molar refractivity (Wildman–Crippen MR) is 97.9 cm³/mol. The molecule has 21 heavy (non-hydrogen) atoms. The molecule has 0 heterocycles. The van der Waals surface area contributed by atoms with Crippen molar-refractivity contribution < 1.29 is 4.57 Å². The fraction of sp³-hybridized carbons (Fsp3) is 1.00. The van der Waals surface area contributed by atoms with Crippen LogP contribution in [0.1, 0.15) is 110 Å². The number of rotatable bonds is 17. The summed E-state index contributed by atoms with van der Waals surface area (Å²) in [5.74, 6) is 0. The molecule has 0 aromatic heterocycles. The van der Waals surface area contributed by atoms with Crippen molar-refractivity contribution in [1.82, 2.24) is 0 Å². The lowest BCUT2D eigenvalue weighted by Gasteiger charge is -2.03. The Balaban J connectivity index is 2.95. The van der Waals surface area contributed by atoms with E-state index >= 15 is 0 Å². The molecule has 0 rings (SSSR count). The van der Waals surface area contributed by atoms with Crippen LogP contribution in [0.15, 0.2) is 0 Å². The highest BCUT2D eigenvalue weighted by molar-refractivity contribution is 7.43. The van der Waals surface area contributed by atoms with Crippen molar-refractivity contribution in [2.45, 2.75) is 110 Å². The van der Waals surface area contributed by atoms with E-state index in [1.807, 2.05) is 6.66 Å². The van der Waals surface area contributed by atoms with E-state index in [9.17, 15) is 4.57 Å². The summed E-state index contributed by atoms with van der Waals surface area (Å²) in [5.41, 5.74) is 0. The highest BCUT2D eigenvalue weighted by atomic mass is 31.1. The lowest BCUT2D eigenvalue weighted by atomic mass is 10.0. The van der Waals surface area contributed by atoms with Gasteiger partial charge in [0.05, 0.1) is 0 Å². The van der Waals surface area contributed by atoms with Crippen molar-refractivity contribution in [3.05, 3.63) is 0 Å². The largest absolute Gasteiger partial charge is 0.335 e. The molecular formula is C19H40OP+. The minimum atomic E-state index is -0.893. The first kappa shape index (κ1) is 21.1. The second kappa shape index (κ2) is 18.1. The molecule has 0 aliphatic heterocycles. The molecule has 0 aromatic rings. The van der Waals surface area contributed by atoms with Crippen LogP contribution in [0.25, 0.3) is 0 Å². The Morgan fingerprint density at radius 2 is 0.810 bits per heavy atom. The summed E-state index contributed by atoms with van der Waals surface area (Å²) >= 11 is 0. The van der Waals surface area contributed by atoms with Gasteiger partial charge in [0.1, 0.15) is 12.8 Å². The SMILES string of the molecule is CCCCCCCCCCCCCCCCCC[P+](C)=O. The van der Waals surface area contributed by atoms with Gasteiger partial charge in [-0.05, 0) is 12.8 Å². The van der Waals surface area contributed by atoms with Crippen molar-refractivity contribution in [3.8, 4) is 0 Å². The van der Waals surface area contributed by atoms with Gasteiger partial charge < -0.3 is 0 Å². The lowest BCUT2D eigenvalue weighted by molar-refractivity contribution is 0.531. The Bertz CT molecular complexity index is 216. The van der Waals surface area contributed by atoms with Crippen LogP contribution in [0, 0.1) is 0 Å². The molecule has 2 heteroatoms. The van der Waals surface area contributed by atoms with E-state index in [-0.39, 0.29) is 0 Å². The summed E-state index contributed by atoms with van der Waals surface area (Å²) in [6.07, 6.45) is 23.4. The van der Waals surface area contributed by atoms with Gasteiger partial charge in [-0.15, -0.1) is 0 Å². The Morgan fingerprint density at radius 1 is 0.524 bits per heavy atom. The first-order chi connectivity index (χ1) is 10.3. The molecule has 1 nitrogen and oxygen atoms in total. The van der Waals surface area contributed by atoms with Crippen LogP contribution < -0.4 is 0 Å². The Kier molecular flexibility index (Phi) is 18.2. The van der Waals surface area contributed by atoms with E-state index in [0.29, 0.717) is 0 Å². The van der Waals surface area contributed by atoms with Crippen molar-refractivity contribution in [2.24, 2.45) is 0 Å². The molecule has 0 spiro atoms. The predicted octanol–water partition coefficient (Wildman–Crippen LogP) is 7.71. The molecule has 0 aliphatic carbocycles. The van der Waals surface area contributed by atoms with Crippen LogP contribution in [0.5, 0.6) is 0 Å². The average molecular weight is 316 g/mol. The fourth-order valence-corrected chi connectivity index (χ4v) is 3.55. The van der Waals surface area contributed by atoms with Crippen LogP contribution in [0.2, 0.25) is 0 Å². The first-order valence-corrected chi connectivity index (χ1v) is 11.5. The van der Waals surface area contributed by atoms with E-state index in [1.165, 1.54) is 103 Å². The molecule has 0 fully saturated rings. The smallest absolute Gasteiger partial charge is 0.0752 e. The van der Waals surface area contributed by atoms with E-state index in [0.717, 1.165) is 6.16 Å². The third-order valence-electron chi connectivity index (χ3n) is 4.33. The summed E-state index contributed by atoms with van der Waals surface area (Å²) in [6, 6.07) is 0. The Labute approximate surface area is 135 Å². The molecule has 0 saturated carbocycles. The number of unbranched alkanes of at least 4 members (excludes halogenated alkanes) is 15. The third kappa shape index (κ3) is 20.1. The third-order valence-corrected chi connectivity index (χ3v) is 5.27. The maximum Gasteiger partial charge on any atom is 0.335 e. The second-order valence-electron chi connectivity index (χ2n) is 6.65. The van der Waals surface area contributed by atoms with Gasteiger partial charge in [-0.3, -0.25) is 0 Å². The van der Waals surface area contributed by atoms with Crippen LogP contribution in [-0.2, 0) is 4.57 Å². The zero-order chi connectivity index (χ0) is 15.6. The maximum atomic E-state index is 10.9. The van der Waals surface area contributed by atoms with Gasteiger partial charge in [0.15, 0.2) is 0 Å². The van der Waals surface area contributed by atoms with Crippen LogP contribution in [0.3, 0.4) is 0 Å². The van der Waals surface area contributed by atoms with Gasteiger partial charge in [0, 0.05) is 0 Å². The van der Waals surface area contributed by atoms with E-state index in [2.05, 4.69) is 6.92 Å². The molecule has 0 aliphatic rings. The zero-order valence-corrected chi connectivity index (χ0v) is 15.8. The summed E-state index contributed by atoms with van der Waals surface area (Å²) in [7, 11) is -0.893. The molecule has 0 radical (unpaired) electrons. The van der Waals surface area contributed by atoms with Crippen molar-refractivity contribution in [3.63, 3.8) is 0 Å². The molecule has 126 valence electrons. The van der Waals surface area contributed by atoms with Gasteiger partial charge in [0.2, 0.25) is 0 Å². The molecule has 0 N–H and O–H groups in total. The van der Waals surface area contributed by atoms with Crippen LogP contribution in [0.4, 0.5) is 0 Å². The van der Waals surface area contributed by atoms with Crippen molar-refractivity contribution >= 4 is 7.80 Å². The Hall–Kier alpha value is 0.100. The van der Waals surface area contributed by atoms with Crippen molar-refractivity contribution in [1.29, 1.82) is 0 Å². The summed E-state index contributed by atoms with van der Waals surface area (Å²) in [5, 5.41) is 0. The van der Waals surface area contributed by atoms with E-state index in [4.69, 9.17) is 0 Å². The quantitative estimate of drug-likeness (QED) is 0.198. The minimum Gasteiger partial charge on any atom is -0.0752 e. The number of hydrogen-bond acceptors (Lipinski definition) is 1. The van der Waals surface area contributed by atoms with Gasteiger partial charge in [-0.25, -0.2) is 0 Å². The minimum absolute atomic E-state index is 0.893. The van der Waals surface area contributed by atoms with Gasteiger partial charge in [0.25, 0.3) is 0 Å². The first-order valence-electron chi connectivity index (χ1n) is 9.65. The van der Waals surface area contributed by atoms with Crippen LogP contribution >= 0.6 is 7.80 Å². The highest BCUT2D eigenvalue weighted by Crippen LogP contribution is 2.18. The van der Waals surface area contributed by atoms with Gasteiger partial charge in [-0.1, -0.05) is 101 Å². The summed E-state index contributed by atoms with van der Waals surface area (Å²) < 4.78 is 10.9. The lowest BCUT2D eigenvalue weighted by Crippen LogP contribution is -1.84. The van der Waals surface area contributed by atoms with Gasteiger partial charge >= 0.3 is 7.80 Å². The molecular weight excluding hydrogens is 275 g/mol. The van der Waals surface area contributed by atoms with E-state index < -0.39 is 7.80 Å².